The van der Waals surface area contributed by atoms with E-state index in [1.54, 1.807) is 0 Å². The van der Waals surface area contributed by atoms with Gasteiger partial charge in [-0.1, -0.05) is 30.3 Å². The molecule has 0 saturated carbocycles. The lowest BCUT2D eigenvalue weighted by atomic mass is 9.98. The average molecular weight is 475 g/mol. The van der Waals surface area contributed by atoms with Crippen LogP contribution in [0.15, 0.2) is 66.7 Å². The Bertz CT molecular complexity index is 1040. The monoisotopic (exact) mass is 474 g/mol. The third-order valence-corrected chi connectivity index (χ3v) is 6.20. The van der Waals surface area contributed by atoms with E-state index in [4.69, 9.17) is 28.4 Å². The van der Waals surface area contributed by atoms with E-state index in [-0.39, 0.29) is 18.3 Å². The first-order chi connectivity index (χ1) is 17.2. The summed E-state index contributed by atoms with van der Waals surface area (Å²) in [5, 5.41) is 0. The van der Waals surface area contributed by atoms with Crippen molar-refractivity contribution >= 4 is 0 Å². The van der Waals surface area contributed by atoms with Crippen molar-refractivity contribution < 1.29 is 28.4 Å². The van der Waals surface area contributed by atoms with Gasteiger partial charge in [-0.25, -0.2) is 0 Å². The quantitative estimate of drug-likeness (QED) is 0.346. The van der Waals surface area contributed by atoms with E-state index in [0.717, 1.165) is 49.9 Å². The maximum Gasteiger partial charge on any atom is 0.120 e. The van der Waals surface area contributed by atoms with Gasteiger partial charge < -0.3 is 28.4 Å². The molecule has 0 aliphatic carbocycles. The summed E-state index contributed by atoms with van der Waals surface area (Å²) in [6, 6.07) is 23.2. The maximum atomic E-state index is 6.06. The smallest absolute Gasteiger partial charge is 0.120 e. The molecule has 0 aromatic heterocycles. The predicted octanol–water partition coefficient (Wildman–Crippen LogP) is 4.20. The fourth-order valence-electron chi connectivity index (χ4n) is 3.95. The summed E-state index contributed by atoms with van der Waals surface area (Å²) in [6.07, 6.45) is 2.40. The van der Waals surface area contributed by atoms with Crippen LogP contribution in [0.25, 0.3) is 0 Å². The first-order valence-electron chi connectivity index (χ1n) is 12.3. The molecule has 6 nitrogen and oxygen atoms in total. The zero-order valence-electron chi connectivity index (χ0n) is 19.7. The summed E-state index contributed by atoms with van der Waals surface area (Å²) >= 11 is 0. The maximum absolute atomic E-state index is 6.06. The van der Waals surface area contributed by atoms with Crippen LogP contribution < -0.4 is 14.2 Å². The standard InChI is InChI=1S/C29H30O6/c1-5-24(30-14-27-17-33-27)6-2-20(1)9-22-11-23(13-26(12-22)32-16-29-19-35-29)10-21-3-7-25(8-4-21)31-15-28-18-34-28/h1-8,11-13,27-29H,9-10,14-19H2. The lowest BCUT2D eigenvalue weighted by molar-refractivity contribution is 0.262. The number of ether oxygens (including phenoxy) is 6. The summed E-state index contributed by atoms with van der Waals surface area (Å²) in [7, 11) is 0. The van der Waals surface area contributed by atoms with Gasteiger partial charge in [0.1, 0.15) is 55.4 Å². The molecule has 3 aliphatic heterocycles. The topological polar surface area (TPSA) is 65.3 Å². The van der Waals surface area contributed by atoms with Crippen LogP contribution in [0.2, 0.25) is 0 Å². The molecule has 0 bridgehead atoms. The average Bonchev–Trinajstić information content (AvgIpc) is 3.73. The largest absolute Gasteiger partial charge is 0.491 e. The van der Waals surface area contributed by atoms with Crippen LogP contribution in [0.5, 0.6) is 17.2 Å². The first kappa shape index (κ1) is 22.4. The molecule has 182 valence electrons. The van der Waals surface area contributed by atoms with E-state index in [1.807, 2.05) is 24.3 Å². The minimum atomic E-state index is 0.226. The molecule has 3 fully saturated rings. The Kier molecular flexibility index (Phi) is 6.58. The predicted molar refractivity (Wildman–Crippen MR) is 131 cm³/mol. The summed E-state index contributed by atoms with van der Waals surface area (Å²) in [5.41, 5.74) is 4.90. The van der Waals surface area contributed by atoms with Crippen LogP contribution in [0.1, 0.15) is 22.3 Å². The fraction of sp³-hybridized carbons (Fsp3) is 0.379. The van der Waals surface area contributed by atoms with Crippen molar-refractivity contribution in [1.82, 2.24) is 0 Å². The Balaban J connectivity index is 1.13. The molecule has 3 saturated heterocycles. The van der Waals surface area contributed by atoms with Gasteiger partial charge in [-0.15, -0.1) is 0 Å². The minimum absolute atomic E-state index is 0.226. The van der Waals surface area contributed by atoms with E-state index >= 15 is 0 Å². The highest BCUT2D eigenvalue weighted by Gasteiger charge is 2.24. The molecule has 6 heteroatoms. The van der Waals surface area contributed by atoms with Crippen molar-refractivity contribution in [3.8, 4) is 17.2 Å². The SMILES string of the molecule is c1cc(OCC2CO2)ccc1Cc1cc(Cc2ccc(OCC3CO3)cc2)cc(OCC2CO2)c1. The molecular formula is C29H30O6. The second-order valence-corrected chi connectivity index (χ2v) is 9.43. The Morgan fingerprint density at radius 3 is 1.23 bits per heavy atom. The van der Waals surface area contributed by atoms with Gasteiger partial charge in [0.25, 0.3) is 0 Å². The molecule has 3 atom stereocenters. The van der Waals surface area contributed by atoms with E-state index in [9.17, 15) is 0 Å². The summed E-state index contributed by atoms with van der Waals surface area (Å²) < 4.78 is 33.3. The van der Waals surface area contributed by atoms with Crippen LogP contribution in [0, 0.1) is 0 Å². The molecule has 35 heavy (non-hydrogen) atoms. The molecule has 3 heterocycles. The Morgan fingerprint density at radius 2 is 0.857 bits per heavy atom. The number of epoxide rings is 3. The van der Waals surface area contributed by atoms with Crippen LogP contribution in [0.4, 0.5) is 0 Å². The van der Waals surface area contributed by atoms with Gasteiger partial charge in [0.15, 0.2) is 0 Å². The van der Waals surface area contributed by atoms with Gasteiger partial charge in [-0.05, 0) is 71.5 Å². The molecule has 0 spiro atoms. The van der Waals surface area contributed by atoms with Crippen molar-refractivity contribution in [2.45, 2.75) is 31.2 Å². The summed E-state index contributed by atoms with van der Waals surface area (Å²) in [4.78, 5) is 0. The highest BCUT2D eigenvalue weighted by Crippen LogP contribution is 2.25. The van der Waals surface area contributed by atoms with Crippen LogP contribution in [0.3, 0.4) is 0 Å². The molecule has 3 aliphatic rings. The summed E-state index contributed by atoms with van der Waals surface area (Å²) in [6.45, 7) is 4.23. The molecule has 0 radical (unpaired) electrons. The zero-order chi connectivity index (χ0) is 23.5. The molecule has 0 amide bonds. The van der Waals surface area contributed by atoms with E-state index in [0.29, 0.717) is 19.8 Å². The highest BCUT2D eigenvalue weighted by molar-refractivity contribution is 5.41. The van der Waals surface area contributed by atoms with Gasteiger partial charge in [0, 0.05) is 0 Å². The number of benzene rings is 3. The van der Waals surface area contributed by atoms with Gasteiger partial charge in [-0.2, -0.15) is 0 Å². The van der Waals surface area contributed by atoms with Crippen molar-refractivity contribution in [3.63, 3.8) is 0 Å². The van der Waals surface area contributed by atoms with Gasteiger partial charge in [-0.3, -0.25) is 0 Å². The molecule has 3 aromatic rings. The fourth-order valence-corrected chi connectivity index (χ4v) is 3.95. The summed E-state index contributed by atoms with van der Waals surface area (Å²) in [5.74, 6) is 2.65. The Morgan fingerprint density at radius 1 is 0.486 bits per heavy atom. The van der Waals surface area contributed by atoms with Crippen molar-refractivity contribution in [2.75, 3.05) is 39.6 Å². The van der Waals surface area contributed by atoms with Crippen LogP contribution in [-0.4, -0.2) is 58.0 Å². The van der Waals surface area contributed by atoms with Crippen molar-refractivity contribution in [1.29, 1.82) is 0 Å². The van der Waals surface area contributed by atoms with E-state index in [1.165, 1.54) is 22.3 Å². The molecule has 0 N–H and O–H groups in total. The number of rotatable bonds is 13. The molecule has 6 rings (SSSR count). The van der Waals surface area contributed by atoms with Crippen LogP contribution in [-0.2, 0) is 27.1 Å². The second kappa shape index (κ2) is 10.3. The van der Waals surface area contributed by atoms with E-state index < -0.39 is 0 Å². The first-order valence-corrected chi connectivity index (χ1v) is 12.3. The molecule has 3 aromatic carbocycles. The van der Waals surface area contributed by atoms with Crippen molar-refractivity contribution in [3.05, 3.63) is 89.0 Å². The molecular weight excluding hydrogens is 444 g/mol. The van der Waals surface area contributed by atoms with Gasteiger partial charge in [0.2, 0.25) is 0 Å². The molecule has 3 unspecified atom stereocenters. The number of hydrogen-bond donors (Lipinski definition) is 0. The lowest BCUT2D eigenvalue weighted by Crippen LogP contribution is -2.05. The Labute approximate surface area is 205 Å². The highest BCUT2D eigenvalue weighted by atomic mass is 16.6. The normalized spacial score (nSPS) is 21.9. The lowest BCUT2D eigenvalue weighted by Gasteiger charge is -2.12. The van der Waals surface area contributed by atoms with Crippen LogP contribution >= 0.6 is 0 Å². The second-order valence-electron chi connectivity index (χ2n) is 9.43. The zero-order valence-corrected chi connectivity index (χ0v) is 19.7. The Hall–Kier alpha value is -3.06. The van der Waals surface area contributed by atoms with E-state index in [2.05, 4.69) is 42.5 Å². The van der Waals surface area contributed by atoms with Gasteiger partial charge in [0.05, 0.1) is 19.8 Å². The number of hydrogen-bond acceptors (Lipinski definition) is 6. The van der Waals surface area contributed by atoms with Gasteiger partial charge >= 0.3 is 0 Å². The van der Waals surface area contributed by atoms with Crippen molar-refractivity contribution in [2.24, 2.45) is 0 Å². The minimum Gasteiger partial charge on any atom is -0.491 e. The third kappa shape index (κ3) is 6.98. The third-order valence-electron chi connectivity index (χ3n) is 6.20.